The van der Waals surface area contributed by atoms with E-state index in [2.05, 4.69) is 47.5 Å². The van der Waals surface area contributed by atoms with E-state index in [0.717, 1.165) is 13.1 Å². The standard InChI is InChI=1S/C4H11N.H2Se2/c1-3-5-4-2;1-2/h5H,3-4H2,1-2H3;1-2H. The predicted octanol–water partition coefficient (Wildman–Crippen LogP) is -0.681. The fourth-order valence-electron chi connectivity index (χ4n) is 0.250. The Bertz CT molecular complexity index is 17.2. The molecule has 0 unspecified atom stereocenters. The first-order chi connectivity index (χ1) is 3.41. The molecule has 0 saturated carbocycles. The molecule has 46 valence electrons. The molecule has 0 amide bonds. The van der Waals surface area contributed by atoms with Crippen LogP contribution in [0.2, 0.25) is 0 Å². The molecule has 0 bridgehead atoms. The van der Waals surface area contributed by atoms with E-state index in [-0.39, 0.29) is 0 Å². The van der Waals surface area contributed by atoms with E-state index in [0.29, 0.717) is 0 Å². The quantitative estimate of drug-likeness (QED) is 0.623. The third kappa shape index (κ3) is 19.4. The van der Waals surface area contributed by atoms with Crippen LogP contribution in [0, 0.1) is 0 Å². The molecule has 7 heavy (non-hydrogen) atoms. The Balaban J connectivity index is 0. The molecular formula is C4H13NSe2. The average molecular weight is 233 g/mol. The molecule has 1 N–H and O–H groups in total. The van der Waals surface area contributed by atoms with Crippen molar-refractivity contribution in [2.45, 2.75) is 13.8 Å². The van der Waals surface area contributed by atoms with Crippen LogP contribution >= 0.6 is 0 Å². The van der Waals surface area contributed by atoms with Gasteiger partial charge in [0.2, 0.25) is 0 Å². The van der Waals surface area contributed by atoms with E-state index in [9.17, 15) is 0 Å². The Kier molecular flexibility index (Phi) is 24.5. The van der Waals surface area contributed by atoms with Crippen LogP contribution in [0.5, 0.6) is 0 Å². The van der Waals surface area contributed by atoms with Gasteiger partial charge in [-0.3, -0.25) is 0 Å². The first-order valence-corrected chi connectivity index (χ1v) is 7.52. The summed E-state index contributed by atoms with van der Waals surface area (Å²) in [6, 6.07) is 0. The maximum atomic E-state index is 3.11. The van der Waals surface area contributed by atoms with Crippen LogP contribution in [-0.2, 0) is 0 Å². The summed E-state index contributed by atoms with van der Waals surface area (Å²) in [7, 11) is 0. The molecule has 0 aliphatic rings. The summed E-state index contributed by atoms with van der Waals surface area (Å²) < 4.78 is 0. The van der Waals surface area contributed by atoms with Gasteiger partial charge < -0.3 is 5.32 Å². The second kappa shape index (κ2) is 15.8. The third-order valence-corrected chi connectivity index (χ3v) is 0.500. The molecule has 0 aliphatic heterocycles. The Morgan fingerprint density at radius 1 is 1.14 bits per heavy atom. The molecule has 0 aromatic rings. The molecule has 3 heteroatoms. The summed E-state index contributed by atoms with van der Waals surface area (Å²) in [6.07, 6.45) is 0. The van der Waals surface area contributed by atoms with Gasteiger partial charge >= 0.3 is 28.4 Å². The van der Waals surface area contributed by atoms with E-state index in [1.807, 2.05) is 0 Å². The minimum atomic E-state index is 1.09. The molecule has 0 rings (SSSR count). The van der Waals surface area contributed by atoms with E-state index in [1.165, 1.54) is 0 Å². The van der Waals surface area contributed by atoms with Gasteiger partial charge in [0.25, 0.3) is 0 Å². The van der Waals surface area contributed by atoms with Gasteiger partial charge in [0.15, 0.2) is 0 Å². The fraction of sp³-hybridized carbons (Fsp3) is 1.00. The van der Waals surface area contributed by atoms with Gasteiger partial charge in [-0.05, 0) is 13.1 Å². The SMILES string of the molecule is CCNCC.[SeH][SeH]. The monoisotopic (exact) mass is 235 g/mol. The van der Waals surface area contributed by atoms with Crippen molar-refractivity contribution in [3.63, 3.8) is 0 Å². The van der Waals surface area contributed by atoms with Crippen LogP contribution in [0.15, 0.2) is 0 Å². The van der Waals surface area contributed by atoms with Crippen molar-refractivity contribution >= 4 is 28.4 Å². The van der Waals surface area contributed by atoms with Crippen LogP contribution < -0.4 is 5.32 Å². The minimum absolute atomic E-state index is 1.09. The summed E-state index contributed by atoms with van der Waals surface area (Å²) in [5.41, 5.74) is 0. The first kappa shape index (κ1) is 10.9. The van der Waals surface area contributed by atoms with Gasteiger partial charge in [0, 0.05) is 0 Å². The first-order valence-electron chi connectivity index (χ1n) is 2.32. The van der Waals surface area contributed by atoms with Crippen molar-refractivity contribution < 1.29 is 0 Å². The molecular weight excluding hydrogens is 220 g/mol. The van der Waals surface area contributed by atoms with Gasteiger partial charge in [-0.15, -0.1) is 0 Å². The van der Waals surface area contributed by atoms with Crippen LogP contribution in [0.4, 0.5) is 0 Å². The zero-order chi connectivity index (χ0) is 6.12. The van der Waals surface area contributed by atoms with Gasteiger partial charge in [0.05, 0.1) is 0 Å². The molecule has 0 fully saturated rings. The third-order valence-electron chi connectivity index (χ3n) is 0.500. The van der Waals surface area contributed by atoms with Crippen molar-refractivity contribution in [2.75, 3.05) is 13.1 Å². The second-order valence-corrected chi connectivity index (χ2v) is 0.957. The zero-order valence-corrected chi connectivity index (χ0v) is 8.56. The molecule has 0 aromatic carbocycles. The van der Waals surface area contributed by atoms with E-state index in [1.54, 1.807) is 0 Å². The summed E-state index contributed by atoms with van der Waals surface area (Å²) in [4.78, 5) is 0. The molecule has 0 aliphatic carbocycles. The van der Waals surface area contributed by atoms with E-state index >= 15 is 0 Å². The number of hydrogen-bond donors (Lipinski definition) is 1. The predicted molar refractivity (Wildman–Crippen MR) is 38.5 cm³/mol. The van der Waals surface area contributed by atoms with Crippen LogP contribution in [-0.4, -0.2) is 41.5 Å². The van der Waals surface area contributed by atoms with Crippen LogP contribution in [0.3, 0.4) is 0 Å². The fourth-order valence-corrected chi connectivity index (χ4v) is 0.250. The summed E-state index contributed by atoms with van der Waals surface area (Å²) in [5.74, 6) is 0. The Labute approximate surface area is 60.8 Å². The molecule has 0 spiro atoms. The second-order valence-electron chi connectivity index (χ2n) is 0.957. The van der Waals surface area contributed by atoms with Crippen molar-refractivity contribution in [1.29, 1.82) is 0 Å². The average Bonchev–Trinajstić information content (AvgIpc) is 1.75. The Morgan fingerprint density at radius 2 is 1.43 bits per heavy atom. The van der Waals surface area contributed by atoms with Gasteiger partial charge in [-0.1, -0.05) is 13.8 Å². The number of hydrogen-bond acceptors (Lipinski definition) is 1. The Morgan fingerprint density at radius 3 is 1.43 bits per heavy atom. The van der Waals surface area contributed by atoms with E-state index in [4.69, 9.17) is 0 Å². The van der Waals surface area contributed by atoms with Crippen molar-refractivity contribution in [3.8, 4) is 0 Å². The topological polar surface area (TPSA) is 12.0 Å². The molecule has 0 radical (unpaired) electrons. The van der Waals surface area contributed by atoms with Gasteiger partial charge in [-0.25, -0.2) is 0 Å². The van der Waals surface area contributed by atoms with Crippen LogP contribution in [0.1, 0.15) is 13.8 Å². The zero-order valence-electron chi connectivity index (χ0n) is 4.81. The Hall–Kier alpha value is 0.999. The maximum absolute atomic E-state index is 3.11. The molecule has 0 aromatic heterocycles. The van der Waals surface area contributed by atoms with E-state index < -0.39 is 0 Å². The van der Waals surface area contributed by atoms with Gasteiger partial charge in [-0.2, -0.15) is 0 Å². The summed E-state index contributed by atoms with van der Waals surface area (Å²) >= 11 is 4.50. The molecule has 0 heterocycles. The normalized spacial score (nSPS) is 6.86. The summed E-state index contributed by atoms with van der Waals surface area (Å²) in [6.45, 7) is 6.39. The summed E-state index contributed by atoms with van der Waals surface area (Å²) in [5, 5.41) is 3.11. The molecule has 0 atom stereocenters. The number of rotatable bonds is 2. The van der Waals surface area contributed by atoms with Crippen LogP contribution in [0.25, 0.3) is 0 Å². The van der Waals surface area contributed by atoms with Crippen molar-refractivity contribution in [1.82, 2.24) is 5.32 Å². The molecule has 1 nitrogen and oxygen atoms in total. The van der Waals surface area contributed by atoms with Crippen molar-refractivity contribution in [3.05, 3.63) is 0 Å². The molecule has 0 saturated heterocycles. The number of nitrogens with one attached hydrogen (secondary N) is 1. The van der Waals surface area contributed by atoms with Crippen molar-refractivity contribution in [2.24, 2.45) is 0 Å². The van der Waals surface area contributed by atoms with Gasteiger partial charge in [0.1, 0.15) is 0 Å².